The molecule has 6 nitrogen and oxygen atoms in total. The average Bonchev–Trinajstić information content (AvgIpc) is 3.33. The average molecular weight is 430 g/mol. The molecule has 0 radical (unpaired) electrons. The zero-order chi connectivity index (χ0) is 19.7. The molecule has 3 aromatic rings. The first-order valence-corrected chi connectivity index (χ1v) is 9.72. The molecule has 1 fully saturated rings. The lowest BCUT2D eigenvalue weighted by Crippen LogP contribution is -2.46. The molecule has 0 amide bonds. The van der Waals surface area contributed by atoms with E-state index in [0.717, 1.165) is 17.1 Å². The maximum absolute atomic E-state index is 12.8. The minimum atomic E-state index is -4.46. The first kappa shape index (κ1) is 19.2. The van der Waals surface area contributed by atoms with Gasteiger partial charge in [0.05, 0.1) is 22.0 Å². The second-order valence-corrected chi connectivity index (χ2v) is 7.63. The largest absolute Gasteiger partial charge is 0.417 e. The maximum Gasteiger partial charge on any atom is 0.417 e. The third-order valence-electron chi connectivity index (χ3n) is 4.39. The van der Waals surface area contributed by atoms with Gasteiger partial charge in [-0.05, 0) is 17.5 Å². The number of anilines is 1. The van der Waals surface area contributed by atoms with Crippen LogP contribution in [0.15, 0.2) is 34.3 Å². The molecule has 0 spiro atoms. The minimum absolute atomic E-state index is 0.000709. The van der Waals surface area contributed by atoms with E-state index in [9.17, 15) is 13.2 Å². The number of piperazine rings is 1. The second-order valence-electron chi connectivity index (χ2n) is 6.28. The molecule has 1 saturated heterocycles. The van der Waals surface area contributed by atoms with Crippen LogP contribution in [0.25, 0.3) is 10.7 Å². The molecule has 1 aliphatic rings. The molecule has 0 aromatic carbocycles. The quantitative estimate of drug-likeness (QED) is 0.620. The number of aromatic nitrogens is 3. The van der Waals surface area contributed by atoms with Crippen LogP contribution < -0.4 is 4.90 Å². The van der Waals surface area contributed by atoms with E-state index in [1.54, 1.807) is 11.3 Å². The highest BCUT2D eigenvalue weighted by Gasteiger charge is 2.32. The van der Waals surface area contributed by atoms with Gasteiger partial charge < -0.3 is 9.42 Å². The highest BCUT2D eigenvalue weighted by Crippen LogP contribution is 2.33. The summed E-state index contributed by atoms with van der Waals surface area (Å²) in [7, 11) is 0. The summed E-state index contributed by atoms with van der Waals surface area (Å²) >= 11 is 7.58. The normalized spacial score (nSPS) is 15.9. The molecule has 28 heavy (non-hydrogen) atoms. The van der Waals surface area contributed by atoms with Gasteiger partial charge >= 0.3 is 6.18 Å². The number of hydrogen-bond donors (Lipinski definition) is 0. The number of pyridine rings is 1. The van der Waals surface area contributed by atoms with Gasteiger partial charge in [0.15, 0.2) is 0 Å². The lowest BCUT2D eigenvalue weighted by molar-refractivity contribution is -0.137. The van der Waals surface area contributed by atoms with Crippen molar-refractivity contribution in [1.29, 1.82) is 0 Å². The summed E-state index contributed by atoms with van der Waals surface area (Å²) in [6.45, 7) is 3.04. The number of nitrogens with zero attached hydrogens (tertiary/aromatic N) is 5. The van der Waals surface area contributed by atoms with Crippen molar-refractivity contribution in [3.05, 3.63) is 46.3 Å². The van der Waals surface area contributed by atoms with Gasteiger partial charge in [0.25, 0.3) is 0 Å². The monoisotopic (exact) mass is 429 g/mol. The summed E-state index contributed by atoms with van der Waals surface area (Å²) in [4.78, 5) is 13.3. The molecule has 0 unspecified atom stereocenters. The fraction of sp³-hybridized carbons (Fsp3) is 0.353. The Morgan fingerprint density at radius 1 is 1.21 bits per heavy atom. The molecule has 4 heterocycles. The number of hydrogen-bond acceptors (Lipinski definition) is 7. The third kappa shape index (κ3) is 4.13. The Hall–Kier alpha value is -2.17. The molecule has 4 rings (SSSR count). The van der Waals surface area contributed by atoms with Crippen molar-refractivity contribution < 1.29 is 17.7 Å². The zero-order valence-corrected chi connectivity index (χ0v) is 16.1. The van der Waals surface area contributed by atoms with Crippen LogP contribution in [0, 0.1) is 0 Å². The van der Waals surface area contributed by atoms with E-state index in [2.05, 4.69) is 20.0 Å². The lowest BCUT2D eigenvalue weighted by atomic mass is 10.2. The predicted molar refractivity (Wildman–Crippen MR) is 99.4 cm³/mol. The Morgan fingerprint density at radius 2 is 2.00 bits per heavy atom. The minimum Gasteiger partial charge on any atom is -0.353 e. The van der Waals surface area contributed by atoms with Crippen molar-refractivity contribution in [2.24, 2.45) is 0 Å². The third-order valence-corrected chi connectivity index (χ3v) is 5.53. The van der Waals surface area contributed by atoms with Gasteiger partial charge in [-0.3, -0.25) is 4.90 Å². The molecule has 0 bridgehead atoms. The summed E-state index contributed by atoms with van der Waals surface area (Å²) in [5.41, 5.74) is -0.849. The van der Waals surface area contributed by atoms with Crippen LogP contribution in [0.1, 0.15) is 11.5 Å². The summed E-state index contributed by atoms with van der Waals surface area (Å²) in [5, 5.41) is 5.94. The van der Waals surface area contributed by atoms with Crippen molar-refractivity contribution in [3.8, 4) is 10.7 Å². The van der Waals surface area contributed by atoms with Crippen LogP contribution in [0.5, 0.6) is 0 Å². The fourth-order valence-electron chi connectivity index (χ4n) is 2.95. The van der Waals surface area contributed by atoms with Gasteiger partial charge in [0, 0.05) is 32.4 Å². The van der Waals surface area contributed by atoms with Gasteiger partial charge in [-0.1, -0.05) is 22.8 Å². The van der Waals surface area contributed by atoms with Crippen LogP contribution in [-0.4, -0.2) is 46.2 Å². The number of thiophene rings is 1. The van der Waals surface area contributed by atoms with E-state index in [1.807, 2.05) is 22.4 Å². The van der Waals surface area contributed by atoms with E-state index in [1.165, 1.54) is 0 Å². The fourth-order valence-corrected chi connectivity index (χ4v) is 3.89. The van der Waals surface area contributed by atoms with Crippen LogP contribution in [0.3, 0.4) is 0 Å². The predicted octanol–water partition coefficient (Wildman–Crippen LogP) is 4.19. The van der Waals surface area contributed by atoms with Crippen molar-refractivity contribution in [2.45, 2.75) is 12.7 Å². The second kappa shape index (κ2) is 7.69. The van der Waals surface area contributed by atoms with Gasteiger partial charge in [-0.25, -0.2) is 4.98 Å². The van der Waals surface area contributed by atoms with Gasteiger partial charge in [0.1, 0.15) is 5.82 Å². The smallest absolute Gasteiger partial charge is 0.353 e. The zero-order valence-electron chi connectivity index (χ0n) is 14.5. The maximum atomic E-state index is 12.8. The highest BCUT2D eigenvalue weighted by atomic mass is 35.5. The Balaban J connectivity index is 1.36. The molecule has 0 atom stereocenters. The van der Waals surface area contributed by atoms with E-state index in [4.69, 9.17) is 16.1 Å². The molecule has 11 heteroatoms. The Labute approximate surface area is 167 Å². The van der Waals surface area contributed by atoms with Crippen molar-refractivity contribution in [2.75, 3.05) is 31.1 Å². The van der Waals surface area contributed by atoms with Crippen molar-refractivity contribution >= 4 is 28.8 Å². The Kier molecular flexibility index (Phi) is 5.26. The number of halogens is 4. The van der Waals surface area contributed by atoms with E-state index < -0.39 is 11.7 Å². The molecule has 3 aromatic heterocycles. The van der Waals surface area contributed by atoms with Crippen molar-refractivity contribution in [1.82, 2.24) is 20.0 Å². The topological polar surface area (TPSA) is 58.3 Å². The Bertz CT molecular complexity index is 939. The summed E-state index contributed by atoms with van der Waals surface area (Å²) in [5.74, 6) is 1.47. The van der Waals surface area contributed by atoms with E-state index >= 15 is 0 Å². The van der Waals surface area contributed by atoms with E-state index in [0.29, 0.717) is 50.3 Å². The number of rotatable bonds is 4. The Morgan fingerprint density at radius 3 is 2.64 bits per heavy atom. The highest BCUT2D eigenvalue weighted by molar-refractivity contribution is 7.13. The van der Waals surface area contributed by atoms with Crippen LogP contribution in [0.4, 0.5) is 19.0 Å². The first-order chi connectivity index (χ1) is 13.4. The van der Waals surface area contributed by atoms with Gasteiger partial charge in [-0.2, -0.15) is 18.2 Å². The molecule has 0 N–H and O–H groups in total. The summed E-state index contributed by atoms with van der Waals surface area (Å²) < 4.78 is 43.6. The number of alkyl halides is 3. The summed E-state index contributed by atoms with van der Waals surface area (Å²) in [6, 6.07) is 4.77. The molecule has 0 aliphatic carbocycles. The van der Waals surface area contributed by atoms with Crippen LogP contribution in [-0.2, 0) is 12.7 Å². The molecule has 148 valence electrons. The SMILES string of the molecule is FC(F)(F)c1cnc(N2CCN(Cc3nc(-c4cccs4)no3)CC2)c(Cl)c1. The van der Waals surface area contributed by atoms with Crippen LogP contribution >= 0.6 is 22.9 Å². The standard InChI is InChI=1S/C17H15ClF3N5OS/c18-12-8-11(17(19,20)21)9-22-16(12)26-5-3-25(4-6-26)10-14-23-15(24-27-14)13-2-1-7-28-13/h1-2,7-9H,3-6,10H2. The van der Waals surface area contributed by atoms with Gasteiger partial charge in [0.2, 0.25) is 11.7 Å². The van der Waals surface area contributed by atoms with Crippen LogP contribution in [0.2, 0.25) is 5.02 Å². The lowest BCUT2D eigenvalue weighted by Gasteiger charge is -2.35. The van der Waals surface area contributed by atoms with Crippen molar-refractivity contribution in [3.63, 3.8) is 0 Å². The molecule has 0 saturated carbocycles. The summed E-state index contributed by atoms with van der Waals surface area (Å²) in [6.07, 6.45) is -3.64. The van der Waals surface area contributed by atoms with E-state index in [-0.39, 0.29) is 5.02 Å². The van der Waals surface area contributed by atoms with Gasteiger partial charge in [-0.15, -0.1) is 11.3 Å². The first-order valence-electron chi connectivity index (χ1n) is 8.46. The molecular weight excluding hydrogens is 415 g/mol. The molecular formula is C17H15ClF3N5OS. The molecule has 1 aliphatic heterocycles.